The van der Waals surface area contributed by atoms with Crippen LogP contribution in [0.5, 0.6) is 0 Å². The van der Waals surface area contributed by atoms with Crippen molar-refractivity contribution in [3.63, 3.8) is 0 Å². The molecular formula is C8H13NO2S2. The number of nitrogens with zero attached hydrogens (tertiary/aromatic N) is 1. The summed E-state index contributed by atoms with van der Waals surface area (Å²) in [5.41, 5.74) is 0. The highest BCUT2D eigenvalue weighted by Crippen LogP contribution is 2.33. The fraction of sp³-hybridized carbons (Fsp3) is 0.875. The summed E-state index contributed by atoms with van der Waals surface area (Å²) in [7, 11) is 0. The number of aliphatic hydroxyl groups is 1. The number of carbonyl (C=O) groups excluding carboxylic acids is 1. The van der Waals surface area contributed by atoms with E-state index in [0.29, 0.717) is 6.54 Å². The van der Waals surface area contributed by atoms with E-state index in [9.17, 15) is 9.90 Å². The number of thioether (sulfide) groups is 2. The van der Waals surface area contributed by atoms with Gasteiger partial charge in [-0.1, -0.05) is 0 Å². The summed E-state index contributed by atoms with van der Waals surface area (Å²) in [6.07, 6.45) is 0.453. The third kappa shape index (κ3) is 2.14. The number of β-amino-alcohol motifs (C(OH)–C–C–N with tert-alkyl or cyclic N) is 1. The van der Waals surface area contributed by atoms with Crippen LogP contribution >= 0.6 is 23.5 Å². The largest absolute Gasteiger partial charge is 0.391 e. The van der Waals surface area contributed by atoms with Gasteiger partial charge in [0.05, 0.1) is 6.10 Å². The lowest BCUT2D eigenvalue weighted by molar-refractivity contribution is -0.128. The number of rotatable bonds is 1. The smallest absolute Gasteiger partial charge is 0.245 e. The predicted octanol–water partition coefficient (Wildman–Crippen LogP) is 0.386. The molecule has 0 aromatic rings. The quantitative estimate of drug-likeness (QED) is 0.692. The zero-order chi connectivity index (χ0) is 9.26. The first-order valence-electron chi connectivity index (χ1n) is 4.47. The van der Waals surface area contributed by atoms with E-state index in [4.69, 9.17) is 0 Å². The topological polar surface area (TPSA) is 40.5 Å². The summed E-state index contributed by atoms with van der Waals surface area (Å²) in [5.74, 6) is 2.37. The van der Waals surface area contributed by atoms with Crippen molar-refractivity contribution in [2.75, 3.05) is 24.6 Å². The summed E-state index contributed by atoms with van der Waals surface area (Å²) in [6, 6.07) is 0. The first-order chi connectivity index (χ1) is 6.27. The Morgan fingerprint density at radius 1 is 1.38 bits per heavy atom. The van der Waals surface area contributed by atoms with Crippen LogP contribution in [0.25, 0.3) is 0 Å². The Morgan fingerprint density at radius 3 is 2.62 bits per heavy atom. The summed E-state index contributed by atoms with van der Waals surface area (Å²) in [5, 5.41) is 9.28. The normalized spacial score (nSPS) is 29.9. The van der Waals surface area contributed by atoms with Crippen molar-refractivity contribution in [1.82, 2.24) is 4.90 Å². The van der Waals surface area contributed by atoms with Gasteiger partial charge in [0.15, 0.2) is 0 Å². The Morgan fingerprint density at radius 2 is 2.08 bits per heavy atom. The van der Waals surface area contributed by atoms with Gasteiger partial charge >= 0.3 is 0 Å². The van der Waals surface area contributed by atoms with E-state index in [1.54, 1.807) is 28.4 Å². The number of aliphatic hydroxyl groups excluding tert-OH is 1. The molecule has 2 rings (SSSR count). The summed E-state index contributed by atoms with van der Waals surface area (Å²) in [4.78, 5) is 13.6. The van der Waals surface area contributed by atoms with Crippen LogP contribution in [0, 0.1) is 0 Å². The van der Waals surface area contributed by atoms with Crippen LogP contribution < -0.4 is 0 Å². The van der Waals surface area contributed by atoms with Crippen LogP contribution in [0.4, 0.5) is 0 Å². The minimum atomic E-state index is -0.291. The Kier molecular flexibility index (Phi) is 3.06. The van der Waals surface area contributed by atoms with E-state index in [1.807, 2.05) is 0 Å². The van der Waals surface area contributed by atoms with Crippen LogP contribution in [0.3, 0.4) is 0 Å². The molecule has 2 fully saturated rings. The van der Waals surface area contributed by atoms with Gasteiger partial charge in [-0.15, -0.1) is 23.5 Å². The first kappa shape index (κ1) is 9.68. The van der Waals surface area contributed by atoms with Crippen molar-refractivity contribution in [3.8, 4) is 0 Å². The van der Waals surface area contributed by atoms with E-state index in [1.165, 1.54) is 0 Å². The molecule has 5 heteroatoms. The van der Waals surface area contributed by atoms with Gasteiger partial charge in [0.1, 0.15) is 4.58 Å². The highest BCUT2D eigenvalue weighted by atomic mass is 32.2. The summed E-state index contributed by atoms with van der Waals surface area (Å²) in [6.45, 7) is 1.27. The Bertz CT molecular complexity index is 206. The fourth-order valence-electron chi connectivity index (χ4n) is 1.59. The molecule has 0 aliphatic carbocycles. The van der Waals surface area contributed by atoms with Gasteiger partial charge in [0, 0.05) is 24.6 Å². The van der Waals surface area contributed by atoms with Crippen LogP contribution in [-0.2, 0) is 4.79 Å². The van der Waals surface area contributed by atoms with E-state index < -0.39 is 0 Å². The van der Waals surface area contributed by atoms with E-state index in [2.05, 4.69) is 0 Å². The van der Waals surface area contributed by atoms with E-state index in [-0.39, 0.29) is 16.6 Å². The zero-order valence-corrected chi connectivity index (χ0v) is 8.94. The highest BCUT2D eigenvalue weighted by Gasteiger charge is 2.32. The Balaban J connectivity index is 1.89. The van der Waals surface area contributed by atoms with Gasteiger partial charge in [-0.05, 0) is 6.42 Å². The lowest BCUT2D eigenvalue weighted by atomic mass is 10.3. The molecule has 0 radical (unpaired) electrons. The van der Waals surface area contributed by atoms with E-state index in [0.717, 1.165) is 24.5 Å². The molecule has 1 N–H and O–H groups in total. The molecular weight excluding hydrogens is 206 g/mol. The standard InChI is InChI=1S/C8H13NO2S2/c10-6-1-2-9(5-6)7(11)8-12-3-4-13-8/h6,8,10H,1-5H2/t6-/m1/s1. The van der Waals surface area contributed by atoms with Gasteiger partial charge in [-0.3, -0.25) is 4.79 Å². The van der Waals surface area contributed by atoms with Crippen molar-refractivity contribution in [1.29, 1.82) is 0 Å². The van der Waals surface area contributed by atoms with Crippen LogP contribution in [0.15, 0.2) is 0 Å². The second kappa shape index (κ2) is 4.11. The van der Waals surface area contributed by atoms with Gasteiger partial charge < -0.3 is 10.0 Å². The summed E-state index contributed by atoms with van der Waals surface area (Å²) >= 11 is 3.46. The van der Waals surface area contributed by atoms with Crippen molar-refractivity contribution in [3.05, 3.63) is 0 Å². The van der Waals surface area contributed by atoms with Gasteiger partial charge in [0.25, 0.3) is 0 Å². The molecule has 0 bridgehead atoms. The molecule has 13 heavy (non-hydrogen) atoms. The number of carbonyl (C=O) groups is 1. The van der Waals surface area contributed by atoms with Gasteiger partial charge in [-0.2, -0.15) is 0 Å². The average Bonchev–Trinajstić information content (AvgIpc) is 2.72. The fourth-order valence-corrected chi connectivity index (χ4v) is 4.34. The second-order valence-corrected chi connectivity index (χ2v) is 6.02. The Hall–Kier alpha value is 0.130. The van der Waals surface area contributed by atoms with Gasteiger partial charge in [-0.25, -0.2) is 0 Å². The van der Waals surface area contributed by atoms with Crippen molar-refractivity contribution in [2.24, 2.45) is 0 Å². The van der Waals surface area contributed by atoms with E-state index >= 15 is 0 Å². The lowest BCUT2D eigenvalue weighted by Gasteiger charge is -2.18. The molecule has 0 spiro atoms. The zero-order valence-electron chi connectivity index (χ0n) is 7.31. The number of hydrogen-bond acceptors (Lipinski definition) is 4. The summed E-state index contributed by atoms with van der Waals surface area (Å²) < 4.78 is 0.102. The Labute approximate surface area is 86.2 Å². The van der Waals surface area contributed by atoms with Gasteiger partial charge in [0.2, 0.25) is 5.91 Å². The predicted molar refractivity (Wildman–Crippen MR) is 55.9 cm³/mol. The molecule has 74 valence electrons. The van der Waals surface area contributed by atoms with Crippen molar-refractivity contribution < 1.29 is 9.90 Å². The molecule has 0 saturated carbocycles. The molecule has 0 unspecified atom stereocenters. The third-order valence-electron chi connectivity index (χ3n) is 2.30. The maximum atomic E-state index is 11.8. The van der Waals surface area contributed by atoms with Crippen LogP contribution in [0.2, 0.25) is 0 Å². The second-order valence-electron chi connectivity index (χ2n) is 3.30. The molecule has 1 amide bonds. The first-order valence-corrected chi connectivity index (χ1v) is 6.57. The number of hydrogen-bond donors (Lipinski definition) is 1. The number of amides is 1. The van der Waals surface area contributed by atoms with Crippen molar-refractivity contribution >= 4 is 29.4 Å². The number of likely N-dealkylation sites (tertiary alicyclic amines) is 1. The molecule has 2 aliphatic heterocycles. The molecule has 1 atom stereocenters. The minimum Gasteiger partial charge on any atom is -0.391 e. The SMILES string of the molecule is O=C(C1SCCS1)N1CC[C@@H](O)C1. The maximum absolute atomic E-state index is 11.8. The average molecular weight is 219 g/mol. The molecule has 2 saturated heterocycles. The molecule has 3 nitrogen and oxygen atoms in total. The van der Waals surface area contributed by atoms with Crippen LogP contribution in [-0.4, -0.2) is 51.2 Å². The van der Waals surface area contributed by atoms with Crippen LogP contribution in [0.1, 0.15) is 6.42 Å². The van der Waals surface area contributed by atoms with Crippen molar-refractivity contribution in [2.45, 2.75) is 17.1 Å². The molecule has 2 heterocycles. The monoisotopic (exact) mass is 219 g/mol. The third-order valence-corrected chi connectivity index (χ3v) is 5.26. The molecule has 0 aromatic carbocycles. The maximum Gasteiger partial charge on any atom is 0.245 e. The lowest BCUT2D eigenvalue weighted by Crippen LogP contribution is -2.34. The highest BCUT2D eigenvalue weighted by molar-refractivity contribution is 8.21. The molecule has 0 aromatic heterocycles. The minimum absolute atomic E-state index is 0.102. The molecule has 2 aliphatic rings.